The van der Waals surface area contributed by atoms with Gasteiger partial charge in [0.1, 0.15) is 16.8 Å². The van der Waals surface area contributed by atoms with E-state index in [4.69, 9.17) is 23.2 Å². The summed E-state index contributed by atoms with van der Waals surface area (Å²) in [5.41, 5.74) is 0.525. The molecule has 4 rings (SSSR count). The van der Waals surface area contributed by atoms with Crippen molar-refractivity contribution in [3.05, 3.63) is 64.7 Å². The molecule has 1 N–H and O–H groups in total. The summed E-state index contributed by atoms with van der Waals surface area (Å²) in [7, 11) is 0. The highest BCUT2D eigenvalue weighted by molar-refractivity contribution is 6.37. The van der Waals surface area contributed by atoms with Crippen LogP contribution in [0.15, 0.2) is 42.9 Å². The zero-order valence-electron chi connectivity index (χ0n) is 12.4. The Bertz CT molecular complexity index is 1110. The van der Waals surface area contributed by atoms with Gasteiger partial charge in [-0.15, -0.1) is 0 Å². The molecular weight excluding hydrogens is 369 g/mol. The summed E-state index contributed by atoms with van der Waals surface area (Å²) in [6.45, 7) is 0. The highest BCUT2D eigenvalue weighted by Gasteiger charge is 2.16. The van der Waals surface area contributed by atoms with Crippen molar-refractivity contribution in [3.63, 3.8) is 0 Å². The van der Waals surface area contributed by atoms with Crippen molar-refractivity contribution in [2.75, 3.05) is 5.32 Å². The van der Waals surface area contributed by atoms with Gasteiger partial charge in [-0.1, -0.05) is 23.2 Å². The second kappa shape index (κ2) is 6.06. The smallest absolute Gasteiger partial charge is 0.151 e. The van der Waals surface area contributed by atoms with Gasteiger partial charge in [0.2, 0.25) is 0 Å². The van der Waals surface area contributed by atoms with Gasteiger partial charge in [-0.3, -0.25) is 4.98 Å². The lowest BCUT2D eigenvalue weighted by Crippen LogP contribution is -2.00. The van der Waals surface area contributed by atoms with E-state index in [1.54, 1.807) is 24.5 Å². The molecule has 0 atom stereocenters. The minimum atomic E-state index is -0.824. The van der Waals surface area contributed by atoms with Crippen molar-refractivity contribution in [2.24, 2.45) is 0 Å². The van der Waals surface area contributed by atoms with E-state index < -0.39 is 11.6 Å². The molecule has 0 spiro atoms. The number of pyridine rings is 3. The lowest BCUT2D eigenvalue weighted by Gasteiger charge is -2.13. The third kappa shape index (κ3) is 2.73. The predicted molar refractivity (Wildman–Crippen MR) is 94.5 cm³/mol. The van der Waals surface area contributed by atoms with Crippen LogP contribution >= 0.6 is 23.2 Å². The zero-order chi connectivity index (χ0) is 17.6. The van der Waals surface area contributed by atoms with Crippen LogP contribution < -0.4 is 5.32 Å². The molecule has 25 heavy (non-hydrogen) atoms. The first kappa shape index (κ1) is 15.9. The van der Waals surface area contributed by atoms with E-state index in [1.165, 1.54) is 6.20 Å². The van der Waals surface area contributed by atoms with Gasteiger partial charge in [0.15, 0.2) is 5.82 Å². The first-order valence-electron chi connectivity index (χ1n) is 7.14. The lowest BCUT2D eigenvalue weighted by atomic mass is 10.1. The summed E-state index contributed by atoms with van der Waals surface area (Å²) >= 11 is 12.2. The van der Waals surface area contributed by atoms with E-state index in [1.807, 2.05) is 0 Å². The van der Waals surface area contributed by atoms with Gasteiger partial charge < -0.3 is 5.32 Å². The van der Waals surface area contributed by atoms with E-state index >= 15 is 0 Å². The van der Waals surface area contributed by atoms with E-state index in [2.05, 4.69) is 20.3 Å². The van der Waals surface area contributed by atoms with Crippen LogP contribution in [0, 0.1) is 11.6 Å². The molecule has 0 aliphatic heterocycles. The van der Waals surface area contributed by atoms with Crippen LogP contribution in [0.5, 0.6) is 0 Å². The van der Waals surface area contributed by atoms with Crippen LogP contribution in [0.25, 0.3) is 21.7 Å². The average Bonchev–Trinajstić information content (AvgIpc) is 2.58. The zero-order valence-corrected chi connectivity index (χ0v) is 13.9. The summed E-state index contributed by atoms with van der Waals surface area (Å²) < 4.78 is 27.4. The fourth-order valence-electron chi connectivity index (χ4n) is 2.62. The molecule has 0 unspecified atom stereocenters. The highest BCUT2D eigenvalue weighted by atomic mass is 35.5. The molecule has 0 amide bonds. The molecule has 1 aromatic carbocycles. The Morgan fingerprint density at radius 3 is 2.64 bits per heavy atom. The van der Waals surface area contributed by atoms with Crippen LogP contribution in [-0.4, -0.2) is 15.0 Å². The Hall–Kier alpha value is -2.57. The second-order valence-corrected chi connectivity index (χ2v) is 6.01. The van der Waals surface area contributed by atoms with E-state index in [0.717, 1.165) is 12.1 Å². The number of hydrogen-bond acceptors (Lipinski definition) is 4. The predicted octanol–water partition coefficient (Wildman–Crippen LogP) is 5.51. The average molecular weight is 377 g/mol. The molecule has 0 aliphatic rings. The molecule has 3 aromatic heterocycles. The topological polar surface area (TPSA) is 50.7 Å². The number of nitrogens with one attached hydrogen (secondary N) is 1. The normalized spacial score (nSPS) is 11.2. The van der Waals surface area contributed by atoms with Crippen molar-refractivity contribution >= 4 is 56.4 Å². The molecule has 0 saturated carbocycles. The standard InChI is InChI=1S/C17H8Cl2F2N4/c18-11-5-8(20)6-12(21)15(11)25-17-9-1-4-23-16(19)14(9)10-7-22-3-2-13(10)24-17/h1-7H,(H,24,25). The van der Waals surface area contributed by atoms with Crippen molar-refractivity contribution in [3.8, 4) is 0 Å². The summed E-state index contributed by atoms with van der Waals surface area (Å²) in [6, 6.07) is 5.16. The maximum atomic E-state index is 14.1. The summed E-state index contributed by atoms with van der Waals surface area (Å²) in [5, 5.41) is 4.97. The Labute approximate surface area is 150 Å². The van der Waals surface area contributed by atoms with Gasteiger partial charge in [0.05, 0.1) is 16.2 Å². The second-order valence-electron chi connectivity index (χ2n) is 5.25. The van der Waals surface area contributed by atoms with Gasteiger partial charge in [-0.25, -0.2) is 18.7 Å². The SMILES string of the molecule is Fc1cc(F)c(Nc2nc3ccncc3c3c(Cl)nccc23)c(Cl)c1. The number of rotatable bonds is 2. The van der Waals surface area contributed by atoms with Crippen LogP contribution in [0.2, 0.25) is 10.2 Å². The maximum Gasteiger partial charge on any atom is 0.151 e. The Balaban J connectivity index is 2.00. The Morgan fingerprint density at radius 1 is 1.00 bits per heavy atom. The Kier molecular flexibility index (Phi) is 3.86. The van der Waals surface area contributed by atoms with Gasteiger partial charge in [0.25, 0.3) is 0 Å². The molecule has 3 heterocycles. The monoisotopic (exact) mass is 376 g/mol. The molecule has 0 bridgehead atoms. The molecule has 0 fully saturated rings. The van der Waals surface area contributed by atoms with E-state index in [9.17, 15) is 8.78 Å². The maximum absolute atomic E-state index is 14.1. The molecule has 0 radical (unpaired) electrons. The fraction of sp³-hybridized carbons (Fsp3) is 0. The van der Waals surface area contributed by atoms with Gasteiger partial charge in [-0.2, -0.15) is 0 Å². The summed E-state index contributed by atoms with van der Waals surface area (Å²) in [5.74, 6) is -1.26. The number of aromatic nitrogens is 3. The lowest BCUT2D eigenvalue weighted by molar-refractivity contribution is 0.586. The summed E-state index contributed by atoms with van der Waals surface area (Å²) in [4.78, 5) is 12.7. The van der Waals surface area contributed by atoms with Crippen molar-refractivity contribution < 1.29 is 8.78 Å². The quantitative estimate of drug-likeness (QED) is 0.370. The highest BCUT2D eigenvalue weighted by Crippen LogP contribution is 2.36. The van der Waals surface area contributed by atoms with Crippen molar-refractivity contribution in [2.45, 2.75) is 0 Å². The van der Waals surface area contributed by atoms with Gasteiger partial charge in [0, 0.05) is 40.8 Å². The molecule has 4 nitrogen and oxygen atoms in total. The Morgan fingerprint density at radius 2 is 1.84 bits per heavy atom. The van der Waals surface area contributed by atoms with Crippen LogP contribution in [-0.2, 0) is 0 Å². The molecular formula is C17H8Cl2F2N4. The third-order valence-corrected chi connectivity index (χ3v) is 4.29. The first-order valence-corrected chi connectivity index (χ1v) is 7.89. The number of hydrogen-bond donors (Lipinski definition) is 1. The summed E-state index contributed by atoms with van der Waals surface area (Å²) in [6.07, 6.45) is 4.73. The van der Waals surface area contributed by atoms with E-state index in [0.29, 0.717) is 27.5 Å². The fourth-order valence-corrected chi connectivity index (χ4v) is 3.12. The molecule has 8 heteroatoms. The largest absolute Gasteiger partial charge is 0.336 e. The van der Waals surface area contributed by atoms with Crippen LogP contribution in [0.4, 0.5) is 20.3 Å². The number of anilines is 2. The van der Waals surface area contributed by atoms with Crippen molar-refractivity contribution in [1.82, 2.24) is 15.0 Å². The number of halogens is 4. The van der Waals surface area contributed by atoms with Crippen molar-refractivity contribution in [1.29, 1.82) is 0 Å². The molecule has 124 valence electrons. The third-order valence-electron chi connectivity index (χ3n) is 3.71. The first-order chi connectivity index (χ1) is 12.0. The number of nitrogens with zero attached hydrogens (tertiary/aromatic N) is 3. The van der Waals surface area contributed by atoms with E-state index in [-0.39, 0.29) is 15.9 Å². The molecule has 0 saturated heterocycles. The minimum absolute atomic E-state index is 0.0711. The number of benzene rings is 1. The van der Waals surface area contributed by atoms with Gasteiger partial charge in [-0.05, 0) is 18.2 Å². The van der Waals surface area contributed by atoms with Crippen LogP contribution in [0.3, 0.4) is 0 Å². The van der Waals surface area contributed by atoms with Crippen LogP contribution in [0.1, 0.15) is 0 Å². The van der Waals surface area contributed by atoms with Gasteiger partial charge >= 0.3 is 0 Å². The minimum Gasteiger partial charge on any atom is -0.336 e. The molecule has 4 aromatic rings. The number of fused-ring (bicyclic) bond motifs is 3. The molecule has 0 aliphatic carbocycles.